The molecule has 7 nitrogen and oxygen atoms in total. The minimum atomic E-state index is -0.271. The number of hydrogen-bond donors (Lipinski definition) is 1. The van der Waals surface area contributed by atoms with Crippen molar-refractivity contribution in [2.45, 2.75) is 26.5 Å². The van der Waals surface area contributed by atoms with Gasteiger partial charge in [-0.25, -0.2) is 0 Å². The van der Waals surface area contributed by atoms with E-state index in [2.05, 4.69) is 15.5 Å². The maximum atomic E-state index is 12.5. The van der Waals surface area contributed by atoms with Crippen LogP contribution in [0.3, 0.4) is 0 Å². The number of para-hydroxylation sites is 1. The number of carbonyl (C=O) groups is 1. The van der Waals surface area contributed by atoms with Crippen molar-refractivity contribution < 1.29 is 18.8 Å². The Morgan fingerprint density at radius 3 is 2.78 bits per heavy atom. The summed E-state index contributed by atoms with van der Waals surface area (Å²) < 4.78 is 16.1. The third-order valence-electron chi connectivity index (χ3n) is 3.69. The molecule has 7 heteroatoms. The van der Waals surface area contributed by atoms with Crippen molar-refractivity contribution in [3.8, 4) is 22.9 Å². The summed E-state index contributed by atoms with van der Waals surface area (Å²) in [7, 11) is 1.59. The first-order valence-corrected chi connectivity index (χ1v) is 8.57. The molecule has 0 aliphatic heterocycles. The fraction of sp³-hybridized carbons (Fsp3) is 0.250. The second kappa shape index (κ2) is 8.35. The van der Waals surface area contributed by atoms with Crippen molar-refractivity contribution >= 4 is 5.91 Å². The molecule has 0 unspecified atom stereocenters. The zero-order chi connectivity index (χ0) is 19.2. The van der Waals surface area contributed by atoms with Crippen molar-refractivity contribution in [3.05, 3.63) is 60.0 Å². The minimum absolute atomic E-state index is 0.0275. The van der Waals surface area contributed by atoms with Crippen molar-refractivity contribution in [1.29, 1.82) is 0 Å². The number of benzene rings is 2. The minimum Gasteiger partial charge on any atom is -0.497 e. The van der Waals surface area contributed by atoms with Crippen molar-refractivity contribution in [3.63, 3.8) is 0 Å². The second-order valence-corrected chi connectivity index (χ2v) is 6.09. The first kappa shape index (κ1) is 18.4. The topological polar surface area (TPSA) is 86.5 Å². The van der Waals surface area contributed by atoms with Gasteiger partial charge in [-0.05, 0) is 38.1 Å². The van der Waals surface area contributed by atoms with Gasteiger partial charge >= 0.3 is 0 Å². The van der Waals surface area contributed by atoms with Crippen molar-refractivity contribution in [2.75, 3.05) is 7.11 Å². The average Bonchev–Trinajstić information content (AvgIpc) is 3.15. The van der Waals surface area contributed by atoms with Crippen LogP contribution >= 0.6 is 0 Å². The lowest BCUT2D eigenvalue weighted by atomic mass is 10.2. The summed E-state index contributed by atoms with van der Waals surface area (Å²) in [5.74, 6) is 1.71. The van der Waals surface area contributed by atoms with Gasteiger partial charge < -0.3 is 19.3 Å². The number of methoxy groups -OCH3 is 1. The van der Waals surface area contributed by atoms with Crippen LogP contribution in [0.25, 0.3) is 11.4 Å². The zero-order valence-corrected chi connectivity index (χ0v) is 15.4. The van der Waals surface area contributed by atoms with E-state index in [1.54, 1.807) is 25.3 Å². The van der Waals surface area contributed by atoms with Crippen LogP contribution in [0.2, 0.25) is 0 Å². The van der Waals surface area contributed by atoms with Crippen LogP contribution in [-0.2, 0) is 6.54 Å². The number of hydrogen-bond acceptors (Lipinski definition) is 6. The predicted molar refractivity (Wildman–Crippen MR) is 99.7 cm³/mol. The molecule has 1 heterocycles. The van der Waals surface area contributed by atoms with E-state index < -0.39 is 0 Å². The second-order valence-electron chi connectivity index (χ2n) is 6.09. The van der Waals surface area contributed by atoms with Gasteiger partial charge in [-0.1, -0.05) is 29.4 Å². The van der Waals surface area contributed by atoms with E-state index in [0.717, 1.165) is 5.56 Å². The molecule has 0 saturated carbocycles. The van der Waals surface area contributed by atoms with Crippen LogP contribution < -0.4 is 14.8 Å². The smallest absolute Gasteiger partial charge is 0.255 e. The standard InChI is InChI=1S/C20H21N3O4/c1-13(2)26-17-10-5-4-9-16(17)20(24)21-12-18-22-19(23-27-18)14-7-6-8-15(11-14)25-3/h4-11,13H,12H2,1-3H3,(H,21,24). The predicted octanol–water partition coefficient (Wildman–Crippen LogP) is 3.46. The van der Waals surface area contributed by atoms with Crippen LogP contribution in [0.1, 0.15) is 30.1 Å². The number of ether oxygens (including phenoxy) is 2. The molecule has 1 aromatic heterocycles. The number of rotatable bonds is 7. The van der Waals surface area contributed by atoms with Crippen LogP contribution in [0.5, 0.6) is 11.5 Å². The summed E-state index contributed by atoms with van der Waals surface area (Å²) >= 11 is 0. The van der Waals surface area contributed by atoms with E-state index in [9.17, 15) is 4.79 Å². The molecule has 0 spiro atoms. The maximum Gasteiger partial charge on any atom is 0.255 e. The first-order valence-electron chi connectivity index (χ1n) is 8.57. The molecule has 1 N–H and O–H groups in total. The summed E-state index contributed by atoms with van der Waals surface area (Å²) in [5, 5.41) is 6.73. The van der Waals surface area contributed by atoms with Crippen molar-refractivity contribution in [2.24, 2.45) is 0 Å². The summed E-state index contributed by atoms with van der Waals surface area (Å²) in [6, 6.07) is 14.4. The summed E-state index contributed by atoms with van der Waals surface area (Å²) in [5.41, 5.74) is 1.23. The highest BCUT2D eigenvalue weighted by Gasteiger charge is 2.15. The highest BCUT2D eigenvalue weighted by Crippen LogP contribution is 2.22. The highest BCUT2D eigenvalue weighted by atomic mass is 16.5. The molecule has 1 amide bonds. The number of nitrogens with zero attached hydrogens (tertiary/aromatic N) is 2. The van der Waals surface area contributed by atoms with Gasteiger partial charge in [0.25, 0.3) is 5.91 Å². The number of amides is 1. The summed E-state index contributed by atoms with van der Waals surface area (Å²) in [4.78, 5) is 16.8. The van der Waals surface area contributed by atoms with Gasteiger partial charge in [0.2, 0.25) is 11.7 Å². The molecule has 0 saturated heterocycles. The van der Waals surface area contributed by atoms with Gasteiger partial charge in [0.1, 0.15) is 11.5 Å². The number of nitrogens with one attached hydrogen (secondary N) is 1. The number of carbonyl (C=O) groups excluding carboxylic acids is 1. The Kier molecular flexibility index (Phi) is 5.71. The van der Waals surface area contributed by atoms with Gasteiger partial charge in [-0.3, -0.25) is 4.79 Å². The van der Waals surface area contributed by atoms with Crippen LogP contribution in [0.4, 0.5) is 0 Å². The summed E-state index contributed by atoms with van der Waals surface area (Å²) in [6.45, 7) is 3.94. The SMILES string of the molecule is COc1cccc(-c2noc(CNC(=O)c3ccccc3OC(C)C)n2)c1. The molecule has 0 aliphatic rings. The molecular weight excluding hydrogens is 346 g/mol. The van der Waals surface area contributed by atoms with E-state index >= 15 is 0 Å². The Labute approximate surface area is 157 Å². The van der Waals surface area contributed by atoms with Crippen LogP contribution in [-0.4, -0.2) is 29.3 Å². The van der Waals surface area contributed by atoms with Crippen LogP contribution in [0.15, 0.2) is 53.1 Å². The van der Waals surface area contributed by atoms with Crippen LogP contribution in [0, 0.1) is 0 Å². The lowest BCUT2D eigenvalue weighted by molar-refractivity contribution is 0.0940. The van der Waals surface area contributed by atoms with E-state index in [-0.39, 0.29) is 18.6 Å². The van der Waals surface area contributed by atoms with E-state index in [1.165, 1.54) is 0 Å². The monoisotopic (exact) mass is 367 g/mol. The molecule has 0 radical (unpaired) electrons. The van der Waals surface area contributed by atoms with E-state index in [1.807, 2.05) is 44.2 Å². The molecule has 0 aliphatic carbocycles. The van der Waals surface area contributed by atoms with Gasteiger partial charge in [-0.2, -0.15) is 4.98 Å². The van der Waals surface area contributed by atoms with Gasteiger partial charge in [-0.15, -0.1) is 0 Å². The molecule has 2 aromatic carbocycles. The molecule has 3 rings (SSSR count). The fourth-order valence-electron chi connectivity index (χ4n) is 2.47. The van der Waals surface area contributed by atoms with Crippen molar-refractivity contribution in [1.82, 2.24) is 15.5 Å². The van der Waals surface area contributed by atoms with Gasteiger partial charge in [0, 0.05) is 5.56 Å². The molecular formula is C20H21N3O4. The lowest BCUT2D eigenvalue weighted by Gasteiger charge is -2.13. The zero-order valence-electron chi connectivity index (χ0n) is 15.4. The lowest BCUT2D eigenvalue weighted by Crippen LogP contribution is -2.24. The third-order valence-corrected chi connectivity index (χ3v) is 3.69. The van der Waals surface area contributed by atoms with E-state index in [4.69, 9.17) is 14.0 Å². The molecule has 3 aromatic rings. The quantitative estimate of drug-likeness (QED) is 0.688. The fourth-order valence-corrected chi connectivity index (χ4v) is 2.47. The normalized spacial score (nSPS) is 10.7. The van der Waals surface area contributed by atoms with Gasteiger partial charge in [0.05, 0.1) is 25.3 Å². The average molecular weight is 367 g/mol. The Hall–Kier alpha value is -3.35. The molecule has 0 atom stereocenters. The van der Waals surface area contributed by atoms with Gasteiger partial charge in [0.15, 0.2) is 0 Å². The van der Waals surface area contributed by atoms with E-state index in [0.29, 0.717) is 28.8 Å². The Bertz CT molecular complexity index is 921. The third kappa shape index (κ3) is 4.63. The first-order chi connectivity index (χ1) is 13.1. The molecule has 0 bridgehead atoms. The Morgan fingerprint density at radius 2 is 2.00 bits per heavy atom. The maximum absolute atomic E-state index is 12.5. The Balaban J connectivity index is 1.67. The molecule has 27 heavy (non-hydrogen) atoms. The largest absolute Gasteiger partial charge is 0.497 e. The Morgan fingerprint density at radius 1 is 1.19 bits per heavy atom. The highest BCUT2D eigenvalue weighted by molar-refractivity contribution is 5.96. The summed E-state index contributed by atoms with van der Waals surface area (Å²) in [6.07, 6.45) is -0.0275. The molecule has 0 fully saturated rings. The number of aromatic nitrogens is 2. The molecule has 140 valence electrons.